The van der Waals surface area contributed by atoms with Crippen molar-refractivity contribution in [2.75, 3.05) is 26.4 Å². The van der Waals surface area contributed by atoms with E-state index in [0.29, 0.717) is 19.3 Å². The molecule has 3 N–H and O–H groups in total. The van der Waals surface area contributed by atoms with Crippen LogP contribution in [0.2, 0.25) is 0 Å². The predicted octanol–water partition coefficient (Wildman–Crippen LogP) is 19.7. The highest BCUT2D eigenvalue weighted by Crippen LogP contribution is 2.43. The van der Waals surface area contributed by atoms with Crippen LogP contribution in [0.4, 0.5) is 0 Å². The number of hydrogen-bond acceptors (Lipinski definition) is 8. The Morgan fingerprint density at radius 3 is 0.963 bits per heavy atom. The number of unbranched alkanes of at least 4 members (excludes halogenated alkanes) is 4. The molecule has 0 saturated heterocycles. The topological polar surface area (TPSA) is 134 Å². The van der Waals surface area contributed by atoms with Crippen LogP contribution in [0.1, 0.15) is 181 Å². The number of phosphoric ester groups is 1. The number of rotatable bonds is 53. The SMILES string of the molecule is CC/C=C\C/C=C\C/C=C\C/C=C\C/C=C\C/C=C\C/C=C\C/C=C\C/C=C\CCCCCC(=O)OC(COC(=O)CCC/C=C\C/C=C\C/C=C\C/C=C\C/C=C\C/C=C\C/C=C\C/C=C\C/C=C\CC)COP(=O)(O)OCCN. The lowest BCUT2D eigenvalue weighted by molar-refractivity contribution is -0.161. The average molecular weight is 1130 g/mol. The summed E-state index contributed by atoms with van der Waals surface area (Å²) >= 11 is 0. The van der Waals surface area contributed by atoms with Crippen LogP contribution in [0.5, 0.6) is 0 Å². The van der Waals surface area contributed by atoms with Gasteiger partial charge in [0, 0.05) is 19.4 Å². The van der Waals surface area contributed by atoms with Gasteiger partial charge in [0.25, 0.3) is 0 Å². The summed E-state index contributed by atoms with van der Waals surface area (Å²) in [5.41, 5.74) is 5.38. The lowest BCUT2D eigenvalue weighted by Crippen LogP contribution is -2.29. The van der Waals surface area contributed by atoms with Crippen molar-refractivity contribution in [3.63, 3.8) is 0 Å². The van der Waals surface area contributed by atoms with Crippen LogP contribution < -0.4 is 5.73 Å². The number of carbonyl (C=O) groups is 2. The molecule has 0 rings (SSSR count). The molecule has 81 heavy (non-hydrogen) atoms. The van der Waals surface area contributed by atoms with E-state index in [1.54, 1.807) is 0 Å². The minimum Gasteiger partial charge on any atom is -0.462 e. The van der Waals surface area contributed by atoms with Gasteiger partial charge in [0.15, 0.2) is 6.10 Å². The first-order valence-corrected chi connectivity index (χ1v) is 31.7. The molecule has 0 saturated carbocycles. The normalized spacial score (nSPS) is 14.6. The van der Waals surface area contributed by atoms with Crippen LogP contribution in [0.3, 0.4) is 0 Å². The Hall–Kier alpha value is -5.67. The van der Waals surface area contributed by atoms with E-state index in [1.165, 1.54) is 0 Å². The molecule has 0 aromatic rings. The lowest BCUT2D eigenvalue weighted by atomic mass is 10.1. The summed E-state index contributed by atoms with van der Waals surface area (Å²) in [6.45, 7) is 3.36. The Bertz CT molecular complexity index is 2120. The summed E-state index contributed by atoms with van der Waals surface area (Å²) in [4.78, 5) is 35.2. The maximum Gasteiger partial charge on any atom is 0.472 e. The van der Waals surface area contributed by atoms with Crippen molar-refractivity contribution in [2.24, 2.45) is 5.73 Å². The van der Waals surface area contributed by atoms with Crippen LogP contribution in [-0.4, -0.2) is 49.3 Å². The van der Waals surface area contributed by atoms with Gasteiger partial charge in [-0.1, -0.05) is 239 Å². The highest BCUT2D eigenvalue weighted by Gasteiger charge is 2.26. The fourth-order valence-corrected chi connectivity index (χ4v) is 7.74. The fourth-order valence-electron chi connectivity index (χ4n) is 6.98. The number of esters is 2. The number of phosphoric acid groups is 1. The summed E-state index contributed by atoms with van der Waals surface area (Å²) in [6, 6.07) is 0. The van der Waals surface area contributed by atoms with Crippen LogP contribution in [0.25, 0.3) is 0 Å². The van der Waals surface area contributed by atoms with Gasteiger partial charge in [0.05, 0.1) is 13.2 Å². The molecule has 0 heterocycles. The van der Waals surface area contributed by atoms with Gasteiger partial charge in [0.1, 0.15) is 6.61 Å². The Kier molecular flexibility index (Phi) is 59.1. The Morgan fingerprint density at radius 2 is 0.654 bits per heavy atom. The lowest BCUT2D eigenvalue weighted by Gasteiger charge is -2.19. The van der Waals surface area contributed by atoms with E-state index in [0.717, 1.165) is 135 Å². The Balaban J connectivity index is 4.24. The number of hydrogen-bond donors (Lipinski definition) is 2. The quantitative estimate of drug-likeness (QED) is 0.0264. The van der Waals surface area contributed by atoms with Crippen molar-refractivity contribution in [3.05, 3.63) is 219 Å². The average Bonchev–Trinajstić information content (AvgIpc) is 3.46. The van der Waals surface area contributed by atoms with Crippen molar-refractivity contribution >= 4 is 19.8 Å². The molecule has 0 amide bonds. The third-order valence-corrected chi connectivity index (χ3v) is 12.3. The van der Waals surface area contributed by atoms with Crippen LogP contribution in [-0.2, 0) is 32.7 Å². The molecule has 0 aromatic heterocycles. The van der Waals surface area contributed by atoms with Gasteiger partial charge >= 0.3 is 19.8 Å². The molecule has 10 heteroatoms. The maximum absolute atomic E-state index is 12.7. The van der Waals surface area contributed by atoms with Gasteiger partial charge in [-0.05, 0) is 148 Å². The van der Waals surface area contributed by atoms with E-state index < -0.39 is 32.5 Å². The first-order chi connectivity index (χ1) is 39.8. The number of carbonyl (C=O) groups excluding carboxylic acids is 2. The van der Waals surface area contributed by atoms with Gasteiger partial charge in [-0.25, -0.2) is 4.57 Å². The van der Waals surface area contributed by atoms with Crippen molar-refractivity contribution in [1.82, 2.24) is 0 Å². The molecule has 0 fully saturated rings. The van der Waals surface area contributed by atoms with Gasteiger partial charge in [-0.15, -0.1) is 0 Å². The van der Waals surface area contributed by atoms with Crippen molar-refractivity contribution in [1.29, 1.82) is 0 Å². The molecule has 0 spiro atoms. The summed E-state index contributed by atoms with van der Waals surface area (Å²) < 4.78 is 32.9. The molecule has 0 aliphatic heterocycles. The third-order valence-electron chi connectivity index (χ3n) is 11.4. The molecule has 0 aliphatic carbocycles. The Morgan fingerprint density at radius 1 is 0.370 bits per heavy atom. The zero-order valence-corrected chi connectivity index (χ0v) is 50.8. The highest BCUT2D eigenvalue weighted by atomic mass is 31.2. The molecule has 2 unspecified atom stereocenters. The molecule has 0 bridgehead atoms. The summed E-state index contributed by atoms with van der Waals surface area (Å²) in [6.07, 6.45) is 100.0. The van der Waals surface area contributed by atoms with E-state index in [-0.39, 0.29) is 32.6 Å². The van der Waals surface area contributed by atoms with Crippen molar-refractivity contribution in [3.8, 4) is 0 Å². The van der Waals surface area contributed by atoms with E-state index in [2.05, 4.69) is 227 Å². The molecule has 2 atom stereocenters. The van der Waals surface area contributed by atoms with Crippen LogP contribution in [0, 0.1) is 0 Å². The summed E-state index contributed by atoms with van der Waals surface area (Å²) in [5.74, 6) is -0.960. The number of ether oxygens (including phenoxy) is 2. The summed E-state index contributed by atoms with van der Waals surface area (Å²) in [7, 11) is -4.43. The molecule has 0 aromatic carbocycles. The minimum atomic E-state index is -4.43. The van der Waals surface area contributed by atoms with Gasteiger partial charge < -0.3 is 20.1 Å². The van der Waals surface area contributed by atoms with E-state index in [1.807, 2.05) is 6.08 Å². The second-order valence-corrected chi connectivity index (χ2v) is 20.2. The second kappa shape index (κ2) is 63.5. The largest absolute Gasteiger partial charge is 0.472 e. The summed E-state index contributed by atoms with van der Waals surface area (Å²) in [5, 5.41) is 0. The highest BCUT2D eigenvalue weighted by molar-refractivity contribution is 7.47. The maximum atomic E-state index is 12.7. The molecular weight excluding hydrogens is 1030 g/mol. The number of allylic oxidation sites excluding steroid dienone is 36. The smallest absolute Gasteiger partial charge is 0.462 e. The fraction of sp³-hybridized carbons (Fsp3) is 0.465. The van der Waals surface area contributed by atoms with Crippen LogP contribution >= 0.6 is 7.82 Å². The molecule has 0 radical (unpaired) electrons. The molecule has 448 valence electrons. The van der Waals surface area contributed by atoms with Gasteiger partial charge in [0.2, 0.25) is 0 Å². The number of nitrogens with two attached hydrogens (primary N) is 1. The van der Waals surface area contributed by atoms with E-state index in [4.69, 9.17) is 24.3 Å². The first kappa shape index (κ1) is 75.3. The third kappa shape index (κ3) is 63.4. The zero-order valence-electron chi connectivity index (χ0n) is 49.9. The molecular formula is C71H106NO8P. The molecule has 0 aliphatic rings. The van der Waals surface area contributed by atoms with E-state index in [9.17, 15) is 19.0 Å². The zero-order chi connectivity index (χ0) is 58.7. The predicted molar refractivity (Wildman–Crippen MR) is 348 cm³/mol. The van der Waals surface area contributed by atoms with Gasteiger partial charge in [-0.2, -0.15) is 0 Å². The van der Waals surface area contributed by atoms with Crippen LogP contribution in [0.15, 0.2) is 219 Å². The van der Waals surface area contributed by atoms with Gasteiger partial charge in [-0.3, -0.25) is 18.6 Å². The van der Waals surface area contributed by atoms with E-state index >= 15 is 0 Å². The standard InChI is InChI=1S/C71H106NO8P/c1-3-5-7-9-11-13-15-17-19-21-23-25-27-29-31-33-34-36-38-40-42-44-46-48-50-52-54-56-58-60-62-64-71(74)80-69(68-79-81(75,76)78-66-65-72)67-77-70(73)63-61-59-57-55-53-51-49-47-45-43-41-39-37-35-32-30-28-26-24-22-20-18-16-14-12-10-8-6-4-2/h5-8,11-14,17-20,23-26,29-32,34,36-37,39-40,42-43,45-46,48-49,51-52,54-55,57,69H,3-4,9-10,15-16,21-22,27-28,33,35,38,41,44,47,50,53,56,58-68,72H2,1-2H3,(H,75,76)/b7-5-,8-6-,13-11-,14-12-,19-17-,20-18-,25-23-,26-24-,31-29-,32-30-,36-34-,39-37-,42-40-,45-43-,48-46-,51-49-,54-52-,57-55-. The first-order valence-electron chi connectivity index (χ1n) is 30.2. The minimum absolute atomic E-state index is 0.0260. The second-order valence-electron chi connectivity index (χ2n) is 18.7. The monoisotopic (exact) mass is 1130 g/mol. The van der Waals surface area contributed by atoms with Crippen molar-refractivity contribution < 1.29 is 37.6 Å². The Labute approximate surface area is 492 Å². The molecule has 9 nitrogen and oxygen atoms in total. The van der Waals surface area contributed by atoms with Crippen molar-refractivity contribution in [2.45, 2.75) is 187 Å².